The Labute approximate surface area is 188 Å². The molecule has 1 N–H and O–H groups in total. The van der Waals surface area contributed by atoms with Crippen LogP contribution in [0.5, 0.6) is 5.75 Å². The number of rotatable bonds is 5. The fraction of sp³-hybridized carbons (Fsp3) is 0.222. The molecular weight excluding hydrogens is 402 g/mol. The average molecular weight is 430 g/mol. The lowest BCUT2D eigenvalue weighted by Crippen LogP contribution is -2.32. The summed E-state index contributed by atoms with van der Waals surface area (Å²) in [7, 11) is 1.66. The zero-order valence-corrected chi connectivity index (χ0v) is 19.2. The number of hydrogen-bond acceptors (Lipinski definition) is 4. The molecule has 3 aromatic rings. The van der Waals surface area contributed by atoms with E-state index < -0.39 is 0 Å². The number of fused-ring (bicyclic) bond motifs is 1. The summed E-state index contributed by atoms with van der Waals surface area (Å²) >= 11 is 1.34. The summed E-state index contributed by atoms with van der Waals surface area (Å²) in [6.45, 7) is 6.37. The summed E-state index contributed by atoms with van der Waals surface area (Å²) < 4.78 is 5.62. The molecule has 0 bridgehead atoms. The van der Waals surface area contributed by atoms with Gasteiger partial charge in [-0.3, -0.25) is 4.79 Å². The second-order valence-corrected chi connectivity index (χ2v) is 9.29. The Balaban J connectivity index is 1.85. The number of anilines is 1. The fourth-order valence-electron chi connectivity index (χ4n) is 4.21. The van der Waals surface area contributed by atoms with Gasteiger partial charge < -0.3 is 10.1 Å². The first-order chi connectivity index (χ1) is 14.9. The van der Waals surface area contributed by atoms with Crippen molar-refractivity contribution in [3.63, 3.8) is 0 Å². The smallest absolute Gasteiger partial charge is 0.221 e. The zero-order valence-electron chi connectivity index (χ0n) is 18.4. The molecule has 158 valence electrons. The van der Waals surface area contributed by atoms with Gasteiger partial charge in [-0.1, -0.05) is 72.4 Å². The third kappa shape index (κ3) is 4.40. The van der Waals surface area contributed by atoms with Crippen molar-refractivity contribution >= 4 is 28.1 Å². The Morgan fingerprint density at radius 3 is 2.42 bits per heavy atom. The van der Waals surface area contributed by atoms with Gasteiger partial charge in [0.25, 0.3) is 0 Å². The van der Waals surface area contributed by atoms with Gasteiger partial charge in [-0.15, -0.1) is 0 Å². The monoisotopic (exact) mass is 429 g/mol. The number of nitrogens with one attached hydrogen (secondary N) is 1. The molecule has 1 aliphatic rings. The number of para-hydroxylation sites is 1. The Morgan fingerprint density at radius 2 is 1.68 bits per heavy atom. The SMILES string of the molecule is COc1ccccc1-c1ccc2c(c1C(=O)SCc1ccccc1)C(C)=CC(C)(C)N2. The lowest BCUT2D eigenvalue weighted by Gasteiger charge is -2.33. The highest BCUT2D eigenvalue weighted by atomic mass is 32.2. The van der Waals surface area contributed by atoms with Gasteiger partial charge in [-0.25, -0.2) is 0 Å². The largest absolute Gasteiger partial charge is 0.496 e. The van der Waals surface area contributed by atoms with Gasteiger partial charge in [0.1, 0.15) is 5.75 Å². The summed E-state index contributed by atoms with van der Waals surface area (Å²) in [6, 6.07) is 22.1. The van der Waals surface area contributed by atoms with Gasteiger partial charge in [0, 0.05) is 28.1 Å². The molecule has 31 heavy (non-hydrogen) atoms. The minimum Gasteiger partial charge on any atom is -0.496 e. The number of hydrogen-bond donors (Lipinski definition) is 1. The molecule has 0 fully saturated rings. The summed E-state index contributed by atoms with van der Waals surface area (Å²) in [5, 5.41) is 3.64. The first-order valence-corrected chi connectivity index (χ1v) is 11.4. The van der Waals surface area contributed by atoms with Crippen molar-refractivity contribution in [3.05, 3.63) is 89.5 Å². The highest BCUT2D eigenvalue weighted by molar-refractivity contribution is 8.13. The average Bonchev–Trinajstić information content (AvgIpc) is 2.76. The molecule has 0 saturated heterocycles. The predicted molar refractivity (Wildman–Crippen MR) is 132 cm³/mol. The van der Waals surface area contributed by atoms with Crippen LogP contribution in [0.1, 0.15) is 42.3 Å². The minimum absolute atomic E-state index is 0.0656. The van der Waals surface area contributed by atoms with Crippen LogP contribution in [0.15, 0.2) is 72.8 Å². The number of benzene rings is 3. The summed E-state index contributed by atoms with van der Waals surface area (Å²) in [5.41, 5.74) is 6.61. The van der Waals surface area contributed by atoms with Crippen LogP contribution in [0.2, 0.25) is 0 Å². The molecule has 0 unspecified atom stereocenters. The summed E-state index contributed by atoms with van der Waals surface area (Å²) in [6.07, 6.45) is 2.19. The molecule has 0 aromatic heterocycles. The highest BCUT2D eigenvalue weighted by Gasteiger charge is 2.29. The van der Waals surface area contributed by atoms with Crippen LogP contribution in [-0.2, 0) is 5.75 Å². The van der Waals surface area contributed by atoms with E-state index in [0.29, 0.717) is 5.75 Å². The van der Waals surface area contributed by atoms with Gasteiger partial charge in [-0.05, 0) is 49.6 Å². The maximum absolute atomic E-state index is 13.7. The molecule has 3 nitrogen and oxygen atoms in total. The van der Waals surface area contributed by atoms with E-state index in [9.17, 15) is 4.79 Å². The third-order valence-corrected chi connectivity index (χ3v) is 6.39. The van der Waals surface area contributed by atoms with Gasteiger partial charge >= 0.3 is 0 Å². The Bertz CT molecular complexity index is 1150. The van der Waals surface area contributed by atoms with Gasteiger partial charge in [-0.2, -0.15) is 0 Å². The molecule has 4 heteroatoms. The van der Waals surface area contributed by atoms with Crippen LogP contribution in [0.25, 0.3) is 16.7 Å². The normalized spacial score (nSPS) is 14.3. The van der Waals surface area contributed by atoms with Crippen molar-refractivity contribution in [2.45, 2.75) is 32.1 Å². The van der Waals surface area contributed by atoms with E-state index in [1.165, 1.54) is 11.8 Å². The molecule has 1 aliphatic heterocycles. The first kappa shape index (κ1) is 21.3. The van der Waals surface area contributed by atoms with Crippen molar-refractivity contribution in [1.29, 1.82) is 0 Å². The van der Waals surface area contributed by atoms with E-state index in [0.717, 1.165) is 44.8 Å². The number of ether oxygens (including phenoxy) is 1. The predicted octanol–water partition coefficient (Wildman–Crippen LogP) is 7.04. The van der Waals surface area contributed by atoms with Crippen LogP contribution in [-0.4, -0.2) is 17.8 Å². The van der Waals surface area contributed by atoms with Gasteiger partial charge in [0.05, 0.1) is 12.6 Å². The first-order valence-electron chi connectivity index (χ1n) is 10.4. The molecule has 0 amide bonds. The van der Waals surface area contributed by atoms with Crippen molar-refractivity contribution in [2.75, 3.05) is 12.4 Å². The van der Waals surface area contributed by atoms with E-state index in [2.05, 4.69) is 50.4 Å². The van der Waals surface area contributed by atoms with Crippen LogP contribution < -0.4 is 10.1 Å². The number of carbonyl (C=O) groups is 1. The van der Waals surface area contributed by atoms with E-state index in [-0.39, 0.29) is 10.7 Å². The minimum atomic E-state index is -0.166. The van der Waals surface area contributed by atoms with Crippen molar-refractivity contribution < 1.29 is 9.53 Å². The van der Waals surface area contributed by atoms with Crippen LogP contribution in [0, 0.1) is 0 Å². The second kappa shape index (κ2) is 8.64. The van der Waals surface area contributed by atoms with Crippen molar-refractivity contribution in [2.24, 2.45) is 0 Å². The fourth-order valence-corrected chi connectivity index (χ4v) is 5.06. The quantitative estimate of drug-likeness (QED) is 0.472. The van der Waals surface area contributed by atoms with E-state index in [1.807, 2.05) is 48.5 Å². The van der Waals surface area contributed by atoms with E-state index >= 15 is 0 Å². The molecule has 0 radical (unpaired) electrons. The van der Waals surface area contributed by atoms with Gasteiger partial charge in [0.2, 0.25) is 5.12 Å². The second-order valence-electron chi connectivity index (χ2n) is 8.35. The molecule has 4 rings (SSSR count). The molecular formula is C27H27NO2S. The topological polar surface area (TPSA) is 38.3 Å². The van der Waals surface area contributed by atoms with Crippen LogP contribution in [0.3, 0.4) is 0 Å². The zero-order chi connectivity index (χ0) is 22.0. The molecule has 0 atom stereocenters. The maximum atomic E-state index is 13.7. The van der Waals surface area contributed by atoms with Crippen LogP contribution >= 0.6 is 11.8 Å². The number of thioether (sulfide) groups is 1. The third-order valence-electron chi connectivity index (χ3n) is 5.45. The Hall–Kier alpha value is -2.98. The molecule has 1 heterocycles. The standard InChI is InChI=1S/C27H27NO2S/c1-18-16-27(2,3)28-22-15-14-21(20-12-8-9-13-23(20)30-4)25(24(18)22)26(29)31-17-19-10-6-5-7-11-19/h5-16,28H,17H2,1-4H3. The van der Waals surface area contributed by atoms with Crippen molar-refractivity contribution in [1.82, 2.24) is 0 Å². The Morgan fingerprint density at radius 1 is 0.968 bits per heavy atom. The molecule has 3 aromatic carbocycles. The maximum Gasteiger partial charge on any atom is 0.221 e. The van der Waals surface area contributed by atoms with Gasteiger partial charge in [0.15, 0.2) is 0 Å². The number of methoxy groups -OCH3 is 1. The summed E-state index contributed by atoms with van der Waals surface area (Å²) in [5.74, 6) is 1.39. The number of allylic oxidation sites excluding steroid dienone is 1. The van der Waals surface area contributed by atoms with E-state index in [1.54, 1.807) is 7.11 Å². The lowest BCUT2D eigenvalue weighted by molar-refractivity contribution is 0.108. The van der Waals surface area contributed by atoms with Crippen LogP contribution in [0.4, 0.5) is 5.69 Å². The molecule has 0 saturated carbocycles. The highest BCUT2D eigenvalue weighted by Crippen LogP contribution is 2.43. The summed E-state index contributed by atoms with van der Waals surface area (Å²) in [4.78, 5) is 13.7. The Kier molecular flexibility index (Phi) is 5.92. The lowest BCUT2D eigenvalue weighted by atomic mass is 9.85. The van der Waals surface area contributed by atoms with Crippen molar-refractivity contribution in [3.8, 4) is 16.9 Å². The molecule has 0 spiro atoms. The number of carbonyl (C=O) groups excluding carboxylic acids is 1. The van der Waals surface area contributed by atoms with E-state index in [4.69, 9.17) is 4.74 Å². The molecule has 0 aliphatic carbocycles.